The van der Waals surface area contributed by atoms with Crippen molar-refractivity contribution in [3.8, 4) is 0 Å². The van der Waals surface area contributed by atoms with Gasteiger partial charge in [0.25, 0.3) is 0 Å². The molecule has 0 aromatic heterocycles. The molecule has 1 N–H and O–H groups in total. The van der Waals surface area contributed by atoms with Crippen LogP contribution in [0.4, 0.5) is 8.78 Å². The van der Waals surface area contributed by atoms with Gasteiger partial charge in [-0.25, -0.2) is 8.78 Å². The van der Waals surface area contributed by atoms with Crippen LogP contribution in [-0.2, 0) is 6.42 Å². The van der Waals surface area contributed by atoms with Crippen molar-refractivity contribution >= 4 is 0 Å². The largest absolute Gasteiger partial charge is 0.388 e. The molecule has 0 radical (unpaired) electrons. The highest BCUT2D eigenvalue weighted by Crippen LogP contribution is 2.31. The normalized spacial score (nSPS) is 21.3. The minimum Gasteiger partial charge on any atom is -0.388 e. The number of aliphatic hydroxyl groups is 1. The third-order valence-corrected chi connectivity index (χ3v) is 2.44. The van der Waals surface area contributed by atoms with E-state index >= 15 is 0 Å². The van der Waals surface area contributed by atoms with Crippen molar-refractivity contribution in [3.63, 3.8) is 0 Å². The first-order valence-electron chi connectivity index (χ1n) is 4.34. The number of hydrogen-bond acceptors (Lipinski definition) is 1. The van der Waals surface area contributed by atoms with Gasteiger partial charge in [0.1, 0.15) is 11.6 Å². The van der Waals surface area contributed by atoms with E-state index in [0.29, 0.717) is 18.4 Å². The van der Waals surface area contributed by atoms with Gasteiger partial charge < -0.3 is 5.11 Å². The molecular weight excluding hydrogens is 174 g/mol. The van der Waals surface area contributed by atoms with Crippen molar-refractivity contribution in [2.45, 2.75) is 25.4 Å². The predicted molar refractivity (Wildman–Crippen MR) is 44.3 cm³/mol. The molecule has 1 aliphatic rings. The van der Waals surface area contributed by atoms with Crippen LogP contribution in [-0.4, -0.2) is 5.11 Å². The first-order valence-corrected chi connectivity index (χ1v) is 4.34. The van der Waals surface area contributed by atoms with Crippen LogP contribution < -0.4 is 0 Å². The summed E-state index contributed by atoms with van der Waals surface area (Å²) in [5.41, 5.74) is 0.893. The molecule has 1 aliphatic carbocycles. The van der Waals surface area contributed by atoms with E-state index < -0.39 is 17.7 Å². The summed E-state index contributed by atoms with van der Waals surface area (Å²) < 4.78 is 25.9. The summed E-state index contributed by atoms with van der Waals surface area (Å²) in [7, 11) is 0. The average Bonchev–Trinajstić information content (AvgIpc) is 2.02. The lowest BCUT2D eigenvalue weighted by Gasteiger charge is -2.21. The molecule has 1 atom stereocenters. The van der Waals surface area contributed by atoms with E-state index in [-0.39, 0.29) is 5.56 Å². The van der Waals surface area contributed by atoms with Crippen molar-refractivity contribution < 1.29 is 13.9 Å². The van der Waals surface area contributed by atoms with Crippen LogP contribution in [0.3, 0.4) is 0 Å². The van der Waals surface area contributed by atoms with Crippen molar-refractivity contribution in [1.82, 2.24) is 0 Å². The van der Waals surface area contributed by atoms with Crippen LogP contribution in [0.15, 0.2) is 12.1 Å². The lowest BCUT2D eigenvalue weighted by atomic mass is 9.89. The molecule has 0 spiro atoms. The van der Waals surface area contributed by atoms with Gasteiger partial charge in [0.05, 0.1) is 6.10 Å². The Morgan fingerprint density at radius 3 is 2.85 bits per heavy atom. The molecule has 1 unspecified atom stereocenters. The summed E-state index contributed by atoms with van der Waals surface area (Å²) in [6, 6.07) is 2.13. The first-order chi connectivity index (χ1) is 6.18. The molecule has 0 saturated heterocycles. The Bertz CT molecular complexity index is 336. The first kappa shape index (κ1) is 8.63. The van der Waals surface area contributed by atoms with Gasteiger partial charge in [-0.05, 0) is 30.9 Å². The Hall–Kier alpha value is -0.960. The lowest BCUT2D eigenvalue weighted by molar-refractivity contribution is 0.151. The van der Waals surface area contributed by atoms with Crippen LogP contribution in [0, 0.1) is 11.6 Å². The second-order valence-electron chi connectivity index (χ2n) is 3.37. The van der Waals surface area contributed by atoms with E-state index in [1.807, 2.05) is 0 Å². The zero-order valence-electron chi connectivity index (χ0n) is 7.06. The molecule has 1 aromatic rings. The summed E-state index contributed by atoms with van der Waals surface area (Å²) in [5, 5.41) is 9.47. The predicted octanol–water partition coefficient (Wildman–Crippen LogP) is 2.33. The molecule has 0 amide bonds. The van der Waals surface area contributed by atoms with Gasteiger partial charge in [-0.1, -0.05) is 0 Å². The fourth-order valence-corrected chi connectivity index (χ4v) is 1.85. The standard InChI is InChI=1S/C10H10F2O/c11-7-4-6-2-1-3-9(13)10(6)8(12)5-7/h4-5,9,13H,1-3H2. The highest BCUT2D eigenvalue weighted by Gasteiger charge is 2.22. The molecule has 70 valence electrons. The number of halogens is 2. The van der Waals surface area contributed by atoms with Crippen LogP contribution in [0.5, 0.6) is 0 Å². The SMILES string of the molecule is OC1CCCc2cc(F)cc(F)c21. The van der Waals surface area contributed by atoms with Crippen LogP contribution in [0.25, 0.3) is 0 Å². The van der Waals surface area contributed by atoms with Crippen molar-refractivity contribution in [3.05, 3.63) is 34.9 Å². The minimum absolute atomic E-state index is 0.285. The fourth-order valence-electron chi connectivity index (χ4n) is 1.85. The van der Waals surface area contributed by atoms with Crippen LogP contribution in [0.1, 0.15) is 30.1 Å². The third-order valence-electron chi connectivity index (χ3n) is 2.44. The quantitative estimate of drug-likeness (QED) is 0.656. The summed E-state index contributed by atoms with van der Waals surface area (Å²) in [6.45, 7) is 0. The maximum Gasteiger partial charge on any atom is 0.132 e. The number of aliphatic hydroxyl groups excluding tert-OH is 1. The van der Waals surface area contributed by atoms with Gasteiger partial charge in [0.2, 0.25) is 0 Å². The zero-order chi connectivity index (χ0) is 9.42. The third kappa shape index (κ3) is 1.44. The van der Waals surface area contributed by atoms with Gasteiger partial charge in [-0.3, -0.25) is 0 Å². The highest BCUT2D eigenvalue weighted by molar-refractivity contribution is 5.33. The van der Waals surface area contributed by atoms with Crippen molar-refractivity contribution in [2.24, 2.45) is 0 Å². The fraction of sp³-hybridized carbons (Fsp3) is 0.400. The van der Waals surface area contributed by atoms with E-state index in [1.54, 1.807) is 0 Å². The summed E-state index contributed by atoms with van der Waals surface area (Å²) in [5.74, 6) is -1.19. The van der Waals surface area contributed by atoms with E-state index in [9.17, 15) is 13.9 Å². The lowest BCUT2D eigenvalue weighted by Crippen LogP contribution is -2.11. The Balaban J connectivity index is 2.56. The Labute approximate surface area is 75.0 Å². The number of hydrogen-bond donors (Lipinski definition) is 1. The topological polar surface area (TPSA) is 20.2 Å². The molecule has 1 nitrogen and oxygen atoms in total. The molecule has 0 heterocycles. The maximum absolute atomic E-state index is 13.2. The van der Waals surface area contributed by atoms with Gasteiger partial charge in [0.15, 0.2) is 0 Å². The van der Waals surface area contributed by atoms with Gasteiger partial charge >= 0.3 is 0 Å². The minimum atomic E-state index is -0.760. The Kier molecular flexibility index (Phi) is 2.04. The maximum atomic E-state index is 13.2. The molecule has 0 saturated carbocycles. The van der Waals surface area contributed by atoms with Crippen LogP contribution >= 0.6 is 0 Å². The molecule has 2 rings (SSSR count). The molecule has 0 aliphatic heterocycles. The van der Waals surface area contributed by atoms with E-state index in [2.05, 4.69) is 0 Å². The van der Waals surface area contributed by atoms with Crippen molar-refractivity contribution in [1.29, 1.82) is 0 Å². The summed E-state index contributed by atoms with van der Waals surface area (Å²) in [4.78, 5) is 0. The van der Waals surface area contributed by atoms with E-state index in [1.165, 1.54) is 6.07 Å². The molecule has 3 heteroatoms. The molecule has 0 bridgehead atoms. The van der Waals surface area contributed by atoms with E-state index in [4.69, 9.17) is 0 Å². The monoisotopic (exact) mass is 184 g/mol. The smallest absolute Gasteiger partial charge is 0.132 e. The number of benzene rings is 1. The summed E-state index contributed by atoms with van der Waals surface area (Å²) >= 11 is 0. The molecule has 1 aromatic carbocycles. The summed E-state index contributed by atoms with van der Waals surface area (Å²) in [6.07, 6.45) is 1.25. The zero-order valence-corrected chi connectivity index (χ0v) is 7.06. The molecular formula is C10H10F2O. The van der Waals surface area contributed by atoms with Gasteiger partial charge in [-0.15, -0.1) is 0 Å². The molecule has 0 fully saturated rings. The second kappa shape index (κ2) is 3.07. The van der Waals surface area contributed by atoms with Crippen molar-refractivity contribution in [2.75, 3.05) is 0 Å². The Morgan fingerprint density at radius 1 is 1.31 bits per heavy atom. The highest BCUT2D eigenvalue weighted by atomic mass is 19.1. The van der Waals surface area contributed by atoms with E-state index in [0.717, 1.165) is 12.5 Å². The number of fused-ring (bicyclic) bond motifs is 1. The van der Waals surface area contributed by atoms with Crippen LogP contribution in [0.2, 0.25) is 0 Å². The second-order valence-corrected chi connectivity index (χ2v) is 3.37. The van der Waals surface area contributed by atoms with Gasteiger partial charge in [0, 0.05) is 11.6 Å². The molecule has 13 heavy (non-hydrogen) atoms. The number of aryl methyl sites for hydroxylation is 1. The Morgan fingerprint density at radius 2 is 2.08 bits per heavy atom. The number of rotatable bonds is 0. The average molecular weight is 184 g/mol. The van der Waals surface area contributed by atoms with Gasteiger partial charge in [-0.2, -0.15) is 0 Å².